The fraction of sp³-hybridized carbons (Fsp3) is 0.676. The van der Waals surface area contributed by atoms with Gasteiger partial charge in [0.2, 0.25) is 0 Å². The van der Waals surface area contributed by atoms with Gasteiger partial charge in [0.05, 0.1) is 21.5 Å². The quantitative estimate of drug-likeness (QED) is 0.164. The molecule has 1 aromatic rings. The molecular weight excluding hydrogens is 532 g/mol. The van der Waals surface area contributed by atoms with Gasteiger partial charge in [0.25, 0.3) is 11.4 Å². The number of nitro groups is 2. The summed E-state index contributed by atoms with van der Waals surface area (Å²) in [7, 11) is 0. The molecule has 0 spiro atoms. The molecule has 3 saturated carbocycles. The van der Waals surface area contributed by atoms with Crippen molar-refractivity contribution in [1.29, 1.82) is 0 Å². The molecule has 8 heteroatoms. The number of carbonyl (C=O) groups is 1. The van der Waals surface area contributed by atoms with E-state index in [9.17, 15) is 25.0 Å². The van der Waals surface area contributed by atoms with Crippen LogP contribution in [0.4, 0.5) is 11.4 Å². The van der Waals surface area contributed by atoms with Gasteiger partial charge in [-0.1, -0.05) is 77.2 Å². The minimum atomic E-state index is -0.754. The van der Waals surface area contributed by atoms with Gasteiger partial charge < -0.3 is 4.74 Å². The van der Waals surface area contributed by atoms with Gasteiger partial charge in [-0.05, 0) is 78.9 Å². The van der Waals surface area contributed by atoms with Crippen LogP contribution in [0, 0.1) is 60.6 Å². The number of ether oxygens (including phenoxy) is 1. The highest BCUT2D eigenvalue weighted by Crippen LogP contribution is 2.66. The maximum atomic E-state index is 13.0. The Kier molecular flexibility index (Phi) is 8.38. The first-order valence-electron chi connectivity index (χ1n) is 15.9. The predicted molar refractivity (Wildman–Crippen MR) is 162 cm³/mol. The lowest BCUT2D eigenvalue weighted by Gasteiger charge is -2.55. The van der Waals surface area contributed by atoms with Crippen molar-refractivity contribution in [3.63, 3.8) is 0 Å². The van der Waals surface area contributed by atoms with E-state index < -0.39 is 27.2 Å². The van der Waals surface area contributed by atoms with Crippen molar-refractivity contribution < 1.29 is 19.4 Å². The van der Waals surface area contributed by atoms with E-state index in [1.807, 2.05) is 0 Å². The van der Waals surface area contributed by atoms with Crippen molar-refractivity contribution in [3.8, 4) is 0 Å². The number of nitrogens with zero attached hydrogens (tertiary/aromatic N) is 2. The third-order valence-corrected chi connectivity index (χ3v) is 11.6. The topological polar surface area (TPSA) is 113 Å². The number of fused-ring (bicyclic) bond motifs is 5. The second kappa shape index (κ2) is 11.6. The lowest BCUT2D eigenvalue weighted by atomic mass is 9.50. The van der Waals surface area contributed by atoms with Crippen molar-refractivity contribution in [2.24, 2.45) is 40.4 Å². The van der Waals surface area contributed by atoms with E-state index in [2.05, 4.69) is 46.8 Å². The summed E-state index contributed by atoms with van der Waals surface area (Å²) >= 11 is 0. The molecule has 0 saturated heterocycles. The summed E-state index contributed by atoms with van der Waals surface area (Å²) in [4.78, 5) is 34.0. The maximum absolute atomic E-state index is 13.0. The number of hydrogen-bond acceptors (Lipinski definition) is 6. The predicted octanol–water partition coefficient (Wildman–Crippen LogP) is 8.99. The monoisotopic (exact) mass is 578 g/mol. The standard InChI is InChI=1S/C34H46N2O6/c1-21(2)7-6-8-22(3)29-11-12-30-28-10-9-24-19-27(13-15-33(24,4)31(28)14-16-34(29,30)5)42-32(37)23-17-25(35(38)39)20-26(18-23)36(40)41/h9-10,17-18,20-22,27,29-31H,6-8,11-16,19H2,1-5H3. The fourth-order valence-electron chi connectivity index (χ4n) is 9.24. The first-order chi connectivity index (χ1) is 19.8. The Hall–Kier alpha value is -3.03. The van der Waals surface area contributed by atoms with Crippen LogP contribution in [0.2, 0.25) is 0 Å². The van der Waals surface area contributed by atoms with Crippen molar-refractivity contribution >= 4 is 17.3 Å². The molecule has 8 nitrogen and oxygen atoms in total. The first kappa shape index (κ1) is 30.4. The average Bonchev–Trinajstić information content (AvgIpc) is 3.30. The van der Waals surface area contributed by atoms with Gasteiger partial charge in [-0.2, -0.15) is 0 Å². The molecule has 0 amide bonds. The average molecular weight is 579 g/mol. The molecular formula is C34H46N2O6. The van der Waals surface area contributed by atoms with Crippen LogP contribution in [0.25, 0.3) is 0 Å². The van der Waals surface area contributed by atoms with E-state index in [1.54, 1.807) is 5.57 Å². The summed E-state index contributed by atoms with van der Waals surface area (Å²) in [5, 5.41) is 22.5. The molecule has 4 aliphatic rings. The van der Waals surface area contributed by atoms with Crippen LogP contribution >= 0.6 is 0 Å². The number of hydrogen-bond donors (Lipinski definition) is 0. The zero-order valence-corrected chi connectivity index (χ0v) is 25.8. The van der Waals surface area contributed by atoms with Crippen LogP contribution in [0.15, 0.2) is 41.5 Å². The number of benzene rings is 1. The van der Waals surface area contributed by atoms with Crippen LogP contribution in [-0.2, 0) is 4.74 Å². The van der Waals surface area contributed by atoms with Crippen LogP contribution in [0.5, 0.6) is 0 Å². The molecule has 0 heterocycles. The van der Waals surface area contributed by atoms with Crippen molar-refractivity contribution in [3.05, 3.63) is 67.3 Å². The zero-order valence-electron chi connectivity index (χ0n) is 25.8. The Morgan fingerprint density at radius 1 is 0.929 bits per heavy atom. The van der Waals surface area contributed by atoms with Crippen LogP contribution in [-0.4, -0.2) is 21.9 Å². The molecule has 0 N–H and O–H groups in total. The summed E-state index contributed by atoms with van der Waals surface area (Å²) in [5.74, 6) is 2.73. The Morgan fingerprint density at radius 2 is 1.62 bits per heavy atom. The highest BCUT2D eigenvalue weighted by atomic mass is 16.6. The van der Waals surface area contributed by atoms with Gasteiger partial charge in [-0.25, -0.2) is 4.79 Å². The largest absolute Gasteiger partial charge is 0.458 e. The van der Waals surface area contributed by atoms with Gasteiger partial charge in [0.15, 0.2) is 0 Å². The van der Waals surface area contributed by atoms with E-state index in [-0.39, 0.29) is 17.1 Å². The van der Waals surface area contributed by atoms with Crippen LogP contribution in [0.3, 0.4) is 0 Å². The van der Waals surface area contributed by atoms with E-state index in [0.717, 1.165) is 42.4 Å². The number of allylic oxidation sites excluding steroid dienone is 3. The summed E-state index contributed by atoms with van der Waals surface area (Å²) < 4.78 is 5.80. The van der Waals surface area contributed by atoms with Crippen molar-refractivity contribution in [2.75, 3.05) is 0 Å². The molecule has 0 aliphatic heterocycles. The molecule has 0 radical (unpaired) electrons. The minimum absolute atomic E-state index is 0.0413. The summed E-state index contributed by atoms with van der Waals surface area (Å²) in [6, 6.07) is 2.96. The fourth-order valence-corrected chi connectivity index (χ4v) is 9.24. The number of esters is 1. The molecule has 3 fully saturated rings. The third-order valence-electron chi connectivity index (χ3n) is 11.6. The van der Waals surface area contributed by atoms with E-state index in [4.69, 9.17) is 4.74 Å². The van der Waals surface area contributed by atoms with E-state index in [1.165, 1.54) is 50.5 Å². The van der Waals surface area contributed by atoms with E-state index >= 15 is 0 Å². The minimum Gasteiger partial charge on any atom is -0.458 e. The van der Waals surface area contributed by atoms with Crippen LogP contribution in [0.1, 0.15) is 109 Å². The normalized spacial score (nSPS) is 32.6. The SMILES string of the molecule is CC(C)CCCC(C)C1CCC2C3=CC=C4CC(OC(=O)c5cc([N+](=O)[O-])cc([N+](=O)[O-])c5)CCC4(C)C3CCC21C. The van der Waals surface area contributed by atoms with Gasteiger partial charge in [-0.3, -0.25) is 20.2 Å². The second-order valence-corrected chi connectivity index (χ2v) is 14.4. The van der Waals surface area contributed by atoms with Gasteiger partial charge >= 0.3 is 5.97 Å². The molecule has 0 aromatic heterocycles. The van der Waals surface area contributed by atoms with E-state index in [0.29, 0.717) is 30.1 Å². The number of nitro benzene ring substituents is 2. The molecule has 42 heavy (non-hydrogen) atoms. The Balaban J connectivity index is 1.30. The molecule has 1 aromatic carbocycles. The molecule has 4 aliphatic carbocycles. The highest BCUT2D eigenvalue weighted by molar-refractivity contribution is 5.91. The summed E-state index contributed by atoms with van der Waals surface area (Å²) in [5.41, 5.74) is 2.21. The summed E-state index contributed by atoms with van der Waals surface area (Å²) in [6.07, 6.45) is 15.6. The molecule has 0 bridgehead atoms. The Morgan fingerprint density at radius 3 is 2.26 bits per heavy atom. The smallest absolute Gasteiger partial charge is 0.338 e. The van der Waals surface area contributed by atoms with Gasteiger partial charge in [0.1, 0.15) is 6.10 Å². The van der Waals surface area contributed by atoms with Gasteiger partial charge in [0, 0.05) is 18.6 Å². The summed E-state index contributed by atoms with van der Waals surface area (Å²) in [6.45, 7) is 12.1. The third kappa shape index (κ3) is 5.53. The highest BCUT2D eigenvalue weighted by Gasteiger charge is 2.57. The van der Waals surface area contributed by atoms with Gasteiger partial charge in [-0.15, -0.1) is 0 Å². The number of non-ortho nitro benzene ring substituents is 2. The molecule has 228 valence electrons. The molecule has 5 rings (SSSR count). The van der Waals surface area contributed by atoms with Crippen molar-refractivity contribution in [1.82, 2.24) is 0 Å². The zero-order chi connectivity index (χ0) is 30.4. The number of rotatable bonds is 9. The molecule has 7 unspecified atom stereocenters. The Bertz CT molecular complexity index is 1280. The lowest BCUT2D eigenvalue weighted by Crippen LogP contribution is -2.46. The number of carbonyl (C=O) groups excluding carboxylic acids is 1. The first-order valence-corrected chi connectivity index (χ1v) is 15.9. The maximum Gasteiger partial charge on any atom is 0.338 e. The van der Waals surface area contributed by atoms with Crippen LogP contribution < -0.4 is 0 Å². The Labute approximate surface area is 249 Å². The lowest BCUT2D eigenvalue weighted by molar-refractivity contribution is -0.394. The second-order valence-electron chi connectivity index (χ2n) is 14.4. The van der Waals surface area contributed by atoms with Crippen molar-refractivity contribution in [2.45, 2.75) is 105 Å². The molecule has 7 atom stereocenters.